The van der Waals surface area contributed by atoms with Gasteiger partial charge in [0.15, 0.2) is 11.4 Å². The fourth-order valence-electron chi connectivity index (χ4n) is 3.63. The Balaban J connectivity index is 0.00000588. The van der Waals surface area contributed by atoms with E-state index in [1.165, 1.54) is 19.2 Å². The Hall–Kier alpha value is -4.45. The van der Waals surface area contributed by atoms with E-state index in [-0.39, 0.29) is 13.7 Å². The lowest BCUT2D eigenvalue weighted by atomic mass is 10.1. The van der Waals surface area contributed by atoms with Gasteiger partial charge in [0.1, 0.15) is 36.3 Å². The van der Waals surface area contributed by atoms with Gasteiger partial charge in [0.05, 0.1) is 6.04 Å². The van der Waals surface area contributed by atoms with Crippen LogP contribution in [0.1, 0.15) is 40.3 Å². The van der Waals surface area contributed by atoms with Gasteiger partial charge in [-0.3, -0.25) is 14.4 Å². The van der Waals surface area contributed by atoms with E-state index in [2.05, 4.69) is 10.3 Å². The molecular weight excluding hydrogens is 532 g/mol. The lowest BCUT2D eigenvalue weighted by Gasteiger charge is -2.24. The Morgan fingerprint density at radius 3 is 2.40 bits per heavy atom. The molecule has 0 saturated heterocycles. The van der Waals surface area contributed by atoms with Gasteiger partial charge >= 0.3 is 0 Å². The van der Waals surface area contributed by atoms with Crippen molar-refractivity contribution in [2.45, 2.75) is 32.2 Å². The van der Waals surface area contributed by atoms with Crippen LogP contribution < -0.4 is 21.2 Å². The van der Waals surface area contributed by atoms with Crippen LogP contribution in [0.5, 0.6) is 5.75 Å². The molecule has 3 aromatic rings. The van der Waals surface area contributed by atoms with Crippen LogP contribution in [-0.2, 0) is 13.2 Å². The Morgan fingerprint density at radius 1 is 1.15 bits per heavy atom. The maximum Gasteiger partial charge on any atom is 0.274 e. The van der Waals surface area contributed by atoms with E-state index in [0.717, 1.165) is 11.1 Å². The smallest absolute Gasteiger partial charge is 0.274 e. The first-order valence-corrected chi connectivity index (χ1v) is 12.1. The number of likely N-dealkylation sites (N-methyl/N-ethyl adjacent to an activating group) is 1. The molecule has 2 aromatic carbocycles. The predicted octanol–water partition coefficient (Wildman–Crippen LogP) is 3.86. The average molecular weight is 563 g/mol. The predicted molar refractivity (Wildman–Crippen MR) is 142 cm³/mol. The monoisotopic (exact) mass is 562 g/mol. The molecule has 4 N–H and O–H groups in total. The van der Waals surface area contributed by atoms with Crippen LogP contribution >= 0.6 is 0 Å². The Labute approximate surface area is 228 Å². The SMILES string of the molecule is C[C@@H](N)/C=C\[C@H](CF)N(C)C(=O)c1[nH]cc(C(=O)NCc2c(F)cc(F)cc2F)c(=O)c1OCc1ccccc1.[HH]. The van der Waals surface area contributed by atoms with E-state index >= 15 is 0 Å². The van der Waals surface area contributed by atoms with Gasteiger partial charge in [0.25, 0.3) is 11.8 Å². The molecule has 0 unspecified atom stereocenters. The minimum Gasteiger partial charge on any atom is -0.483 e. The third-order valence-electron chi connectivity index (χ3n) is 5.87. The number of hydrogen-bond donors (Lipinski definition) is 3. The van der Waals surface area contributed by atoms with Crippen molar-refractivity contribution in [3.8, 4) is 5.75 Å². The Bertz CT molecular complexity index is 1430. The highest BCUT2D eigenvalue weighted by Crippen LogP contribution is 2.19. The molecule has 0 aliphatic carbocycles. The summed E-state index contributed by atoms with van der Waals surface area (Å²) in [7, 11) is 1.32. The molecule has 12 heteroatoms. The molecule has 0 spiro atoms. The van der Waals surface area contributed by atoms with E-state index in [4.69, 9.17) is 10.5 Å². The maximum absolute atomic E-state index is 14.0. The molecule has 1 aromatic heterocycles. The summed E-state index contributed by atoms with van der Waals surface area (Å²) in [5.74, 6) is -5.93. The van der Waals surface area contributed by atoms with Crippen LogP contribution in [0.15, 0.2) is 65.6 Å². The van der Waals surface area contributed by atoms with Crippen molar-refractivity contribution in [3.05, 3.63) is 111 Å². The van der Waals surface area contributed by atoms with Crippen molar-refractivity contribution in [1.82, 2.24) is 15.2 Å². The van der Waals surface area contributed by atoms with Gasteiger partial charge in [0, 0.05) is 45.0 Å². The standard InChI is InChI=1S/C28H28F4N4O4.H2/c1-16(33)8-9-19(12-29)36(2)28(39)24-26(40-15-17-6-4-3-5-7-17)25(37)21(14-34-24)27(38)35-13-20-22(31)10-18(30)11-23(20)32;/h3-11,14,16,19H,12-13,15,33H2,1-2H3,(H,34,37)(H,35,38);1H/b9-8-;/t16-,19-;/m1./s1. The quantitative estimate of drug-likeness (QED) is 0.242. The zero-order valence-electron chi connectivity index (χ0n) is 21.7. The van der Waals surface area contributed by atoms with Gasteiger partial charge in [-0.1, -0.05) is 42.5 Å². The number of ether oxygens (including phenoxy) is 1. The first-order valence-electron chi connectivity index (χ1n) is 12.1. The lowest BCUT2D eigenvalue weighted by Crippen LogP contribution is -2.39. The minimum absolute atomic E-state index is 0. The summed E-state index contributed by atoms with van der Waals surface area (Å²) >= 11 is 0. The number of carbonyl (C=O) groups is 2. The summed E-state index contributed by atoms with van der Waals surface area (Å²) in [6.45, 7) is -0.109. The third kappa shape index (κ3) is 7.35. The molecule has 3 rings (SSSR count). The van der Waals surface area contributed by atoms with E-state index in [1.54, 1.807) is 37.3 Å². The molecule has 214 valence electrons. The third-order valence-corrected chi connectivity index (χ3v) is 5.87. The lowest BCUT2D eigenvalue weighted by molar-refractivity contribution is 0.0730. The average Bonchev–Trinajstić information content (AvgIpc) is 2.91. The number of benzene rings is 2. The van der Waals surface area contributed by atoms with E-state index < -0.39 is 76.9 Å². The number of nitrogens with one attached hydrogen (secondary N) is 2. The number of rotatable bonds is 11. The van der Waals surface area contributed by atoms with Crippen LogP contribution in [0.3, 0.4) is 0 Å². The fourth-order valence-corrected chi connectivity index (χ4v) is 3.63. The van der Waals surface area contributed by atoms with Crippen molar-refractivity contribution in [2.24, 2.45) is 5.73 Å². The molecule has 0 bridgehead atoms. The van der Waals surface area contributed by atoms with Crippen LogP contribution in [0, 0.1) is 17.5 Å². The number of halogens is 4. The zero-order valence-corrected chi connectivity index (χ0v) is 21.7. The molecule has 0 saturated carbocycles. The maximum atomic E-state index is 14.0. The number of nitrogens with zero attached hydrogens (tertiary/aromatic N) is 1. The van der Waals surface area contributed by atoms with Crippen molar-refractivity contribution in [1.29, 1.82) is 0 Å². The molecular formula is C28H30F4N4O4. The molecule has 40 heavy (non-hydrogen) atoms. The first-order chi connectivity index (χ1) is 19.0. The number of aromatic amines is 1. The van der Waals surface area contributed by atoms with Crippen molar-refractivity contribution < 1.29 is 33.3 Å². The number of H-pyrrole nitrogens is 1. The topological polar surface area (TPSA) is 118 Å². The molecule has 0 aliphatic rings. The van der Waals surface area contributed by atoms with Crippen LogP contribution in [-0.4, -0.2) is 47.5 Å². The normalized spacial score (nSPS) is 12.7. The summed E-state index contributed by atoms with van der Waals surface area (Å²) in [4.78, 5) is 43.1. The first kappa shape index (κ1) is 30.1. The summed E-state index contributed by atoms with van der Waals surface area (Å²) < 4.78 is 60.6. The zero-order chi connectivity index (χ0) is 29.4. The van der Waals surface area contributed by atoms with Crippen LogP contribution in [0.4, 0.5) is 17.6 Å². The van der Waals surface area contributed by atoms with E-state index in [0.29, 0.717) is 17.7 Å². The highest BCUT2D eigenvalue weighted by atomic mass is 19.1. The van der Waals surface area contributed by atoms with Gasteiger partial charge in [-0.25, -0.2) is 17.6 Å². The van der Waals surface area contributed by atoms with Gasteiger partial charge in [-0.15, -0.1) is 0 Å². The van der Waals surface area contributed by atoms with Crippen molar-refractivity contribution >= 4 is 11.8 Å². The van der Waals surface area contributed by atoms with E-state index in [9.17, 15) is 31.9 Å². The second kappa shape index (κ2) is 13.6. The second-order valence-corrected chi connectivity index (χ2v) is 8.92. The van der Waals surface area contributed by atoms with Gasteiger partial charge in [-0.05, 0) is 12.5 Å². The second-order valence-electron chi connectivity index (χ2n) is 8.92. The summed E-state index contributed by atoms with van der Waals surface area (Å²) in [5.41, 5.74) is 3.85. The van der Waals surface area contributed by atoms with Crippen LogP contribution in [0.25, 0.3) is 0 Å². The molecule has 0 fully saturated rings. The van der Waals surface area contributed by atoms with Crippen molar-refractivity contribution in [3.63, 3.8) is 0 Å². The molecule has 8 nitrogen and oxygen atoms in total. The highest BCUT2D eigenvalue weighted by molar-refractivity contribution is 5.98. The molecule has 0 aliphatic heterocycles. The van der Waals surface area contributed by atoms with Crippen molar-refractivity contribution in [2.75, 3.05) is 13.7 Å². The Morgan fingerprint density at radius 2 is 1.80 bits per heavy atom. The number of hydrogen-bond acceptors (Lipinski definition) is 5. The number of aromatic nitrogens is 1. The summed E-state index contributed by atoms with van der Waals surface area (Å²) in [6, 6.07) is 8.17. The molecule has 2 amide bonds. The minimum atomic E-state index is -1.22. The van der Waals surface area contributed by atoms with Gasteiger partial charge < -0.3 is 25.7 Å². The number of amides is 2. The Kier molecular flexibility index (Phi) is 10.2. The largest absolute Gasteiger partial charge is 0.483 e. The summed E-state index contributed by atoms with van der Waals surface area (Å²) in [5, 5.41) is 2.20. The van der Waals surface area contributed by atoms with Crippen LogP contribution in [0.2, 0.25) is 0 Å². The number of pyridine rings is 1. The fraction of sp³-hybridized carbons (Fsp3) is 0.250. The highest BCUT2D eigenvalue weighted by Gasteiger charge is 2.27. The van der Waals surface area contributed by atoms with Gasteiger partial charge in [0.2, 0.25) is 5.43 Å². The van der Waals surface area contributed by atoms with Gasteiger partial charge in [-0.2, -0.15) is 0 Å². The summed E-state index contributed by atoms with van der Waals surface area (Å²) in [6.07, 6.45) is 3.87. The number of nitrogens with two attached hydrogens (primary N) is 1. The number of carbonyl (C=O) groups excluding carboxylic acids is 2. The molecule has 1 heterocycles. The molecule has 0 radical (unpaired) electrons. The number of alkyl halides is 1. The molecule has 2 atom stereocenters. The van der Waals surface area contributed by atoms with E-state index in [1.807, 2.05) is 0 Å².